The van der Waals surface area contributed by atoms with E-state index in [-0.39, 0.29) is 17.8 Å². The molecule has 11 heteroatoms. The molecule has 1 saturated heterocycles. The Morgan fingerprint density at radius 1 is 1.29 bits per heavy atom. The van der Waals surface area contributed by atoms with Crippen LogP contribution >= 0.6 is 22.9 Å². The molecule has 2 atom stereocenters. The first-order chi connectivity index (χ1) is 18.4. The van der Waals surface area contributed by atoms with Gasteiger partial charge in [0.1, 0.15) is 10.5 Å². The molecule has 1 aliphatic rings. The van der Waals surface area contributed by atoms with E-state index in [1.165, 1.54) is 14.0 Å². The molecule has 0 aliphatic carbocycles. The Bertz CT molecular complexity index is 1420. The van der Waals surface area contributed by atoms with E-state index in [0.717, 1.165) is 28.2 Å². The number of carbonyl (C=O) groups is 2. The van der Waals surface area contributed by atoms with E-state index in [2.05, 4.69) is 15.3 Å². The maximum absolute atomic E-state index is 12.7. The smallest absolute Gasteiger partial charge is 0.305 e. The number of hydrogen-bond donors (Lipinski definition) is 1. The van der Waals surface area contributed by atoms with Crippen LogP contribution in [0.3, 0.4) is 0 Å². The molecule has 3 heterocycles. The maximum atomic E-state index is 12.7. The molecule has 1 aliphatic heterocycles. The predicted molar refractivity (Wildman–Crippen MR) is 144 cm³/mol. The van der Waals surface area contributed by atoms with E-state index in [4.69, 9.17) is 25.6 Å². The molecule has 0 bridgehead atoms. The number of hydroxylamine groups is 2. The molecule has 2 aromatic carbocycles. The highest BCUT2D eigenvalue weighted by molar-refractivity contribution is 7.11. The minimum absolute atomic E-state index is 0.0655. The van der Waals surface area contributed by atoms with Crippen LogP contribution in [0.4, 0.5) is 11.7 Å². The van der Waals surface area contributed by atoms with Crippen LogP contribution in [-0.2, 0) is 25.6 Å². The summed E-state index contributed by atoms with van der Waals surface area (Å²) in [5.74, 6) is -0.381. The van der Waals surface area contributed by atoms with Gasteiger partial charge in [-0.2, -0.15) is 10.0 Å². The van der Waals surface area contributed by atoms with Crippen molar-refractivity contribution < 1.29 is 23.6 Å². The SMILES string of the molecule is COC(=O)CCc1cnc([C@@H]2CCCN2OC(C(C)=O)c2ccc(Nc3nc4ccccc4o3)c(Cl)c2)s1. The number of fused-ring (bicyclic) bond motifs is 1. The first-order valence-electron chi connectivity index (χ1n) is 12.3. The number of benzene rings is 2. The van der Waals surface area contributed by atoms with Gasteiger partial charge < -0.3 is 14.5 Å². The highest BCUT2D eigenvalue weighted by atomic mass is 35.5. The maximum Gasteiger partial charge on any atom is 0.305 e. The van der Waals surface area contributed by atoms with Crippen LogP contribution in [0.5, 0.6) is 0 Å². The van der Waals surface area contributed by atoms with E-state index in [1.54, 1.807) is 29.7 Å². The van der Waals surface area contributed by atoms with Gasteiger partial charge in [0.25, 0.3) is 6.01 Å². The van der Waals surface area contributed by atoms with Crippen LogP contribution < -0.4 is 5.32 Å². The van der Waals surface area contributed by atoms with Crippen molar-refractivity contribution in [3.63, 3.8) is 0 Å². The lowest BCUT2D eigenvalue weighted by Crippen LogP contribution is -2.28. The standard InChI is InChI=1S/C27H27ClN4O5S/c1-16(33)25(37-32-13-5-7-22(32)26-29-15-18(38-26)10-12-24(34)35-2)17-9-11-20(19(28)14-17)30-27-31-21-6-3-4-8-23(21)36-27/h3-4,6,8-9,11,14-15,22,25H,5,7,10,12-13H2,1-2H3,(H,30,31)/t22-,25?/m0/s1. The number of ether oxygens (including phenoxy) is 1. The zero-order chi connectivity index (χ0) is 26.6. The number of anilines is 2. The van der Waals surface area contributed by atoms with Crippen molar-refractivity contribution in [2.75, 3.05) is 19.0 Å². The minimum Gasteiger partial charge on any atom is -0.469 e. The summed E-state index contributed by atoms with van der Waals surface area (Å²) in [4.78, 5) is 40.4. The topological polar surface area (TPSA) is 107 Å². The third-order valence-electron chi connectivity index (χ3n) is 6.30. The minimum atomic E-state index is -0.815. The number of halogens is 1. The molecule has 198 valence electrons. The fourth-order valence-electron chi connectivity index (χ4n) is 4.37. The van der Waals surface area contributed by atoms with Crippen LogP contribution in [0.2, 0.25) is 5.02 Å². The summed E-state index contributed by atoms with van der Waals surface area (Å²) < 4.78 is 10.5. The van der Waals surface area contributed by atoms with E-state index >= 15 is 0 Å². The van der Waals surface area contributed by atoms with Gasteiger partial charge in [0.2, 0.25) is 0 Å². The highest BCUT2D eigenvalue weighted by Gasteiger charge is 2.33. The van der Waals surface area contributed by atoms with Crippen molar-refractivity contribution in [3.8, 4) is 0 Å². The number of hydrogen-bond acceptors (Lipinski definition) is 10. The number of esters is 1. The first-order valence-corrected chi connectivity index (χ1v) is 13.5. The molecule has 1 N–H and O–H groups in total. The molecule has 1 unspecified atom stereocenters. The zero-order valence-electron chi connectivity index (χ0n) is 21.0. The Labute approximate surface area is 228 Å². The summed E-state index contributed by atoms with van der Waals surface area (Å²) in [6, 6.07) is 13.0. The molecular formula is C27H27ClN4O5S. The molecule has 38 heavy (non-hydrogen) atoms. The quantitative estimate of drug-likeness (QED) is 0.230. The number of carbonyl (C=O) groups excluding carboxylic acids is 2. The Morgan fingerprint density at radius 2 is 2.13 bits per heavy atom. The Balaban J connectivity index is 1.28. The molecule has 4 aromatic rings. The second-order valence-electron chi connectivity index (χ2n) is 8.99. The molecule has 0 radical (unpaired) electrons. The third kappa shape index (κ3) is 5.88. The fraction of sp³-hybridized carbons (Fsp3) is 0.333. The summed E-state index contributed by atoms with van der Waals surface area (Å²) in [5.41, 5.74) is 2.66. The second-order valence-corrected chi connectivity index (χ2v) is 10.5. The van der Waals surface area contributed by atoms with Crippen molar-refractivity contribution >= 4 is 57.5 Å². The molecule has 9 nitrogen and oxygen atoms in total. The van der Waals surface area contributed by atoms with Crippen molar-refractivity contribution in [2.24, 2.45) is 0 Å². The molecule has 0 amide bonds. The Hall–Kier alpha value is -3.31. The Kier molecular flexibility index (Phi) is 8.04. The summed E-state index contributed by atoms with van der Waals surface area (Å²) in [6.45, 7) is 2.18. The van der Waals surface area contributed by atoms with Crippen molar-refractivity contribution in [1.29, 1.82) is 0 Å². The average Bonchev–Trinajstić information content (AvgIpc) is 3.65. The average molecular weight is 555 g/mol. The van der Waals surface area contributed by atoms with E-state index in [9.17, 15) is 9.59 Å². The lowest BCUT2D eigenvalue weighted by molar-refractivity contribution is -0.209. The molecule has 0 saturated carbocycles. The van der Waals surface area contributed by atoms with Crippen molar-refractivity contribution in [3.05, 3.63) is 69.1 Å². The molecule has 0 spiro atoms. The number of nitrogens with one attached hydrogen (secondary N) is 1. The fourth-order valence-corrected chi connectivity index (χ4v) is 5.67. The molecular weight excluding hydrogens is 528 g/mol. The number of aryl methyl sites for hydroxylation is 1. The van der Waals surface area contributed by atoms with E-state index in [1.807, 2.05) is 35.4 Å². The lowest BCUT2D eigenvalue weighted by atomic mass is 10.1. The largest absolute Gasteiger partial charge is 0.469 e. The summed E-state index contributed by atoms with van der Waals surface area (Å²) >= 11 is 8.13. The number of methoxy groups -OCH3 is 1. The number of aromatic nitrogens is 2. The van der Waals surface area contributed by atoms with Gasteiger partial charge >= 0.3 is 5.97 Å². The predicted octanol–water partition coefficient (Wildman–Crippen LogP) is 6.19. The molecule has 5 rings (SSSR count). The first kappa shape index (κ1) is 26.3. The highest BCUT2D eigenvalue weighted by Crippen LogP contribution is 2.38. The van der Waals surface area contributed by atoms with E-state index in [0.29, 0.717) is 47.3 Å². The number of para-hydroxylation sites is 2. The summed E-state index contributed by atoms with van der Waals surface area (Å²) in [5, 5.41) is 6.25. The number of rotatable bonds is 10. The number of thiazole rings is 1. The molecule has 1 fully saturated rings. The molecule has 2 aromatic heterocycles. The normalized spacial score (nSPS) is 16.6. The van der Waals surface area contributed by atoms with Crippen LogP contribution in [0, 0.1) is 0 Å². The van der Waals surface area contributed by atoms with Gasteiger partial charge in [0, 0.05) is 17.6 Å². The number of ketones is 1. The van der Waals surface area contributed by atoms with Crippen LogP contribution in [0.15, 0.2) is 53.1 Å². The van der Waals surface area contributed by atoms with Crippen molar-refractivity contribution in [2.45, 2.75) is 44.8 Å². The van der Waals surface area contributed by atoms with Crippen LogP contribution in [0.1, 0.15) is 53.8 Å². The third-order valence-corrected chi connectivity index (χ3v) is 7.78. The number of oxazole rings is 1. The Morgan fingerprint density at radius 3 is 2.89 bits per heavy atom. The number of nitrogens with zero attached hydrogens (tertiary/aromatic N) is 3. The number of Topliss-reactive ketones (excluding diaryl/α,β-unsaturated/α-hetero) is 1. The monoisotopic (exact) mass is 554 g/mol. The lowest BCUT2D eigenvalue weighted by Gasteiger charge is -2.27. The van der Waals surface area contributed by atoms with E-state index < -0.39 is 6.10 Å². The van der Waals surface area contributed by atoms with Crippen LogP contribution in [0.25, 0.3) is 11.1 Å². The zero-order valence-corrected chi connectivity index (χ0v) is 22.6. The van der Waals surface area contributed by atoms with Gasteiger partial charge in [0.05, 0.1) is 30.3 Å². The van der Waals surface area contributed by atoms with Crippen molar-refractivity contribution in [1.82, 2.24) is 15.0 Å². The second kappa shape index (κ2) is 11.6. The van der Waals surface area contributed by atoms with Gasteiger partial charge in [-0.15, -0.1) is 11.3 Å². The van der Waals surface area contributed by atoms with Gasteiger partial charge in [-0.1, -0.05) is 29.8 Å². The van der Waals surface area contributed by atoms with Crippen LogP contribution in [-0.4, -0.2) is 40.4 Å². The van der Waals surface area contributed by atoms with Gasteiger partial charge in [-0.05, 0) is 56.0 Å². The summed E-state index contributed by atoms with van der Waals surface area (Å²) in [7, 11) is 1.38. The summed E-state index contributed by atoms with van der Waals surface area (Å²) in [6.07, 6.45) is 3.65. The van der Waals surface area contributed by atoms with Gasteiger partial charge in [-0.3, -0.25) is 14.4 Å². The van der Waals surface area contributed by atoms with Gasteiger partial charge in [0.15, 0.2) is 17.5 Å². The van der Waals surface area contributed by atoms with Gasteiger partial charge in [-0.25, -0.2) is 4.98 Å².